The highest BCUT2D eigenvalue weighted by Gasteiger charge is 2.24. The lowest BCUT2D eigenvalue weighted by molar-refractivity contribution is -0.385. The van der Waals surface area contributed by atoms with Crippen molar-refractivity contribution in [3.05, 3.63) is 33.4 Å². The van der Waals surface area contributed by atoms with Crippen LogP contribution in [-0.2, 0) is 0 Å². The first kappa shape index (κ1) is 15.2. The van der Waals surface area contributed by atoms with Crippen molar-refractivity contribution in [3.63, 3.8) is 0 Å². The molecular weight excluding hydrogens is 276 g/mol. The number of hydrogen-bond acceptors (Lipinski definition) is 5. The van der Waals surface area contributed by atoms with Gasteiger partial charge in [-0.15, -0.1) is 0 Å². The minimum Gasteiger partial charge on any atom is -0.478 e. The Kier molecular flexibility index (Phi) is 4.42. The Morgan fingerprint density at radius 2 is 2.19 bits per heavy atom. The summed E-state index contributed by atoms with van der Waals surface area (Å²) in [4.78, 5) is 21.5. The smallest absolute Gasteiger partial charge is 0.336 e. The van der Waals surface area contributed by atoms with Crippen LogP contribution in [0.2, 0.25) is 0 Å². The predicted molar refractivity (Wildman–Crippen MR) is 76.6 cm³/mol. The number of aliphatic hydroxyl groups is 1. The number of benzene rings is 1. The monoisotopic (exact) mass is 294 g/mol. The van der Waals surface area contributed by atoms with E-state index in [1.54, 1.807) is 6.92 Å². The Labute approximate surface area is 121 Å². The van der Waals surface area contributed by atoms with E-state index in [4.69, 9.17) is 5.11 Å². The largest absolute Gasteiger partial charge is 0.478 e. The van der Waals surface area contributed by atoms with E-state index in [2.05, 4.69) is 5.32 Å². The summed E-state index contributed by atoms with van der Waals surface area (Å²) in [6, 6.07) is 2.48. The van der Waals surface area contributed by atoms with E-state index >= 15 is 0 Å². The highest BCUT2D eigenvalue weighted by molar-refractivity contribution is 5.90. The van der Waals surface area contributed by atoms with Crippen LogP contribution in [0.1, 0.15) is 35.2 Å². The molecule has 0 heterocycles. The summed E-state index contributed by atoms with van der Waals surface area (Å²) in [6.07, 6.45) is 2.08. The third-order valence-corrected chi connectivity index (χ3v) is 3.92. The molecule has 0 aliphatic heterocycles. The maximum absolute atomic E-state index is 11.1. The van der Waals surface area contributed by atoms with Gasteiger partial charge in [0.2, 0.25) is 0 Å². The fourth-order valence-electron chi connectivity index (χ4n) is 2.68. The molecule has 1 aromatic carbocycles. The topological polar surface area (TPSA) is 113 Å². The standard InChI is InChI=1S/C14H18N2O5/c1-8-12(15-7-9-2-3-11(17)4-9)5-10(14(18)19)6-13(8)16(20)21/h5-6,9,11,15,17H,2-4,7H2,1H3,(H,18,19). The molecule has 1 fully saturated rings. The minimum absolute atomic E-state index is 0.110. The van der Waals surface area contributed by atoms with Gasteiger partial charge in [-0.2, -0.15) is 0 Å². The highest BCUT2D eigenvalue weighted by Crippen LogP contribution is 2.30. The lowest BCUT2D eigenvalue weighted by Crippen LogP contribution is -2.14. The molecule has 1 saturated carbocycles. The van der Waals surface area contributed by atoms with Crippen molar-refractivity contribution in [2.75, 3.05) is 11.9 Å². The van der Waals surface area contributed by atoms with Gasteiger partial charge in [-0.1, -0.05) is 0 Å². The van der Waals surface area contributed by atoms with Gasteiger partial charge < -0.3 is 15.5 Å². The van der Waals surface area contributed by atoms with Gasteiger partial charge in [0.1, 0.15) is 0 Å². The Hall–Kier alpha value is -2.15. The Balaban J connectivity index is 2.21. The number of carbonyl (C=O) groups is 1. The highest BCUT2D eigenvalue weighted by atomic mass is 16.6. The number of aromatic carboxylic acids is 1. The fourth-order valence-corrected chi connectivity index (χ4v) is 2.68. The van der Waals surface area contributed by atoms with Gasteiger partial charge in [0.15, 0.2) is 0 Å². The van der Waals surface area contributed by atoms with E-state index in [9.17, 15) is 20.0 Å². The number of nitrogens with one attached hydrogen (secondary N) is 1. The summed E-state index contributed by atoms with van der Waals surface area (Å²) in [5.74, 6) is -0.899. The van der Waals surface area contributed by atoms with Crippen molar-refractivity contribution < 1.29 is 19.9 Å². The number of nitrogens with zero attached hydrogens (tertiary/aromatic N) is 1. The van der Waals surface area contributed by atoms with E-state index < -0.39 is 10.9 Å². The molecule has 0 amide bonds. The number of nitro groups is 1. The average Bonchev–Trinajstić information content (AvgIpc) is 2.82. The number of anilines is 1. The van der Waals surface area contributed by atoms with Crippen LogP contribution in [0.15, 0.2) is 12.1 Å². The van der Waals surface area contributed by atoms with Crippen LogP contribution >= 0.6 is 0 Å². The molecular formula is C14H18N2O5. The van der Waals surface area contributed by atoms with E-state index in [1.165, 1.54) is 6.07 Å². The molecule has 0 bridgehead atoms. The van der Waals surface area contributed by atoms with Crippen molar-refractivity contribution in [2.24, 2.45) is 5.92 Å². The van der Waals surface area contributed by atoms with Crippen LogP contribution < -0.4 is 5.32 Å². The summed E-state index contributed by atoms with van der Waals surface area (Å²) >= 11 is 0. The second kappa shape index (κ2) is 6.09. The van der Waals surface area contributed by atoms with Crippen LogP contribution in [0.3, 0.4) is 0 Å². The quantitative estimate of drug-likeness (QED) is 0.566. The molecule has 1 aromatic rings. The lowest BCUT2D eigenvalue weighted by atomic mass is 10.1. The Morgan fingerprint density at radius 1 is 1.48 bits per heavy atom. The zero-order chi connectivity index (χ0) is 15.6. The third-order valence-electron chi connectivity index (χ3n) is 3.92. The predicted octanol–water partition coefficient (Wildman–Crippen LogP) is 2.17. The number of nitro benzene ring substituents is 1. The van der Waals surface area contributed by atoms with Gasteiger partial charge in [0.05, 0.1) is 16.6 Å². The van der Waals surface area contributed by atoms with E-state index in [0.29, 0.717) is 30.1 Å². The van der Waals surface area contributed by atoms with Crippen molar-refractivity contribution in [1.29, 1.82) is 0 Å². The van der Waals surface area contributed by atoms with Gasteiger partial charge in [-0.05, 0) is 38.2 Å². The molecule has 0 saturated heterocycles. The minimum atomic E-state index is -1.20. The van der Waals surface area contributed by atoms with Gasteiger partial charge >= 0.3 is 5.97 Å². The SMILES string of the molecule is Cc1c(NCC2CCC(O)C2)cc(C(=O)O)cc1[N+](=O)[O-]. The second-order valence-corrected chi connectivity index (χ2v) is 5.44. The lowest BCUT2D eigenvalue weighted by Gasteiger charge is -2.14. The third kappa shape index (κ3) is 3.49. The normalized spacial score (nSPS) is 21.2. The first-order valence-electron chi connectivity index (χ1n) is 6.82. The summed E-state index contributed by atoms with van der Waals surface area (Å²) in [5, 5.41) is 32.6. The molecule has 2 unspecified atom stereocenters. The van der Waals surface area contributed by atoms with E-state index in [1.807, 2.05) is 0 Å². The summed E-state index contributed by atoms with van der Waals surface area (Å²) in [7, 11) is 0. The Morgan fingerprint density at radius 3 is 2.71 bits per heavy atom. The van der Waals surface area contributed by atoms with Gasteiger partial charge in [0, 0.05) is 23.9 Å². The van der Waals surface area contributed by atoms with Gasteiger partial charge in [-0.25, -0.2) is 4.79 Å². The van der Waals surface area contributed by atoms with Crippen molar-refractivity contribution >= 4 is 17.3 Å². The number of rotatable bonds is 5. The first-order valence-corrected chi connectivity index (χ1v) is 6.82. The molecule has 21 heavy (non-hydrogen) atoms. The average molecular weight is 294 g/mol. The molecule has 7 nitrogen and oxygen atoms in total. The first-order chi connectivity index (χ1) is 9.88. The number of carboxylic acids is 1. The van der Waals surface area contributed by atoms with Crippen molar-refractivity contribution in [1.82, 2.24) is 0 Å². The maximum atomic E-state index is 11.1. The second-order valence-electron chi connectivity index (χ2n) is 5.44. The molecule has 2 rings (SSSR count). The van der Waals surface area contributed by atoms with Crippen LogP contribution in [0.4, 0.5) is 11.4 Å². The molecule has 1 aliphatic rings. The summed E-state index contributed by atoms with van der Waals surface area (Å²) in [6.45, 7) is 2.16. The Bertz CT molecular complexity index is 573. The number of hydrogen-bond donors (Lipinski definition) is 3. The van der Waals surface area contributed by atoms with Crippen LogP contribution in [0.25, 0.3) is 0 Å². The molecule has 114 valence electrons. The van der Waals surface area contributed by atoms with E-state index in [0.717, 1.165) is 18.9 Å². The molecule has 2 atom stereocenters. The van der Waals surface area contributed by atoms with Crippen LogP contribution in [0, 0.1) is 23.0 Å². The van der Waals surface area contributed by atoms with E-state index in [-0.39, 0.29) is 17.4 Å². The summed E-state index contributed by atoms with van der Waals surface area (Å²) in [5.41, 5.74) is 0.566. The summed E-state index contributed by atoms with van der Waals surface area (Å²) < 4.78 is 0. The van der Waals surface area contributed by atoms with Crippen molar-refractivity contribution in [2.45, 2.75) is 32.3 Å². The zero-order valence-corrected chi connectivity index (χ0v) is 11.7. The molecule has 1 aliphatic carbocycles. The molecule has 0 radical (unpaired) electrons. The van der Waals surface area contributed by atoms with Crippen molar-refractivity contribution in [3.8, 4) is 0 Å². The molecule has 7 heteroatoms. The van der Waals surface area contributed by atoms with Crippen LogP contribution in [-0.4, -0.2) is 33.8 Å². The van der Waals surface area contributed by atoms with Gasteiger partial charge in [0.25, 0.3) is 5.69 Å². The number of aliphatic hydroxyl groups excluding tert-OH is 1. The zero-order valence-electron chi connectivity index (χ0n) is 11.7. The van der Waals surface area contributed by atoms with Gasteiger partial charge in [-0.3, -0.25) is 10.1 Å². The molecule has 0 aromatic heterocycles. The molecule has 0 spiro atoms. The maximum Gasteiger partial charge on any atom is 0.336 e. The van der Waals surface area contributed by atoms with Crippen LogP contribution in [0.5, 0.6) is 0 Å². The fraction of sp³-hybridized carbons (Fsp3) is 0.500. The number of carboxylic acid groups (broad SMARTS) is 1. The molecule has 3 N–H and O–H groups in total.